The molecule has 0 bridgehead atoms. The van der Waals surface area contributed by atoms with Crippen LogP contribution in [0.15, 0.2) is 30.3 Å². The Kier molecular flexibility index (Phi) is 5.23. The van der Waals surface area contributed by atoms with Gasteiger partial charge in [-0.1, -0.05) is 51.1 Å². The molecule has 4 heteroatoms. The van der Waals surface area contributed by atoms with Gasteiger partial charge >= 0.3 is 6.03 Å². The number of rotatable bonds is 3. The lowest BCUT2D eigenvalue weighted by molar-refractivity contribution is -0.0134. The summed E-state index contributed by atoms with van der Waals surface area (Å²) in [4.78, 5) is 14.1. The molecule has 0 radical (unpaired) electrons. The van der Waals surface area contributed by atoms with E-state index >= 15 is 0 Å². The molecule has 0 spiro atoms. The summed E-state index contributed by atoms with van der Waals surface area (Å²) < 4.78 is 5.79. The van der Waals surface area contributed by atoms with Crippen molar-refractivity contribution in [3.05, 3.63) is 35.9 Å². The van der Waals surface area contributed by atoms with Crippen LogP contribution in [0.4, 0.5) is 4.79 Å². The second-order valence-corrected chi connectivity index (χ2v) is 6.85. The van der Waals surface area contributed by atoms with Crippen molar-refractivity contribution >= 4 is 6.03 Å². The van der Waals surface area contributed by atoms with Crippen molar-refractivity contribution in [1.29, 1.82) is 0 Å². The first-order chi connectivity index (χ1) is 9.94. The van der Waals surface area contributed by atoms with Gasteiger partial charge in [0.1, 0.15) is 0 Å². The van der Waals surface area contributed by atoms with Gasteiger partial charge in [-0.05, 0) is 11.0 Å². The van der Waals surface area contributed by atoms with E-state index in [4.69, 9.17) is 4.74 Å². The Bertz CT molecular complexity index is 454. The molecule has 1 aromatic carbocycles. The van der Waals surface area contributed by atoms with Gasteiger partial charge in [0.15, 0.2) is 0 Å². The number of morpholine rings is 1. The summed E-state index contributed by atoms with van der Waals surface area (Å²) in [6, 6.07) is 10.3. The highest BCUT2D eigenvalue weighted by atomic mass is 16.5. The Balaban J connectivity index is 1.84. The van der Waals surface area contributed by atoms with E-state index < -0.39 is 0 Å². The first-order valence-electron chi connectivity index (χ1n) is 7.62. The molecule has 2 amide bonds. The number of carbonyl (C=O) groups is 1. The maximum Gasteiger partial charge on any atom is 0.317 e. The standard InChI is InChI=1S/C17H26N2O2/c1-17(2,3)13-18-16(20)19-9-10-21-15(12-19)11-14-7-5-4-6-8-14/h4-8,15H,9-13H2,1-3H3,(H,18,20). The minimum atomic E-state index is 0.0197. The Morgan fingerprint density at radius 2 is 2.05 bits per heavy atom. The third-order valence-corrected chi connectivity index (χ3v) is 3.50. The van der Waals surface area contributed by atoms with Crippen LogP contribution in [-0.2, 0) is 11.2 Å². The molecule has 1 fully saturated rings. The average Bonchev–Trinajstić information content (AvgIpc) is 2.45. The van der Waals surface area contributed by atoms with Crippen LogP contribution < -0.4 is 5.32 Å². The lowest BCUT2D eigenvalue weighted by atomic mass is 9.97. The molecule has 1 N–H and O–H groups in total. The van der Waals surface area contributed by atoms with Crippen molar-refractivity contribution < 1.29 is 9.53 Å². The van der Waals surface area contributed by atoms with Crippen LogP contribution in [0.5, 0.6) is 0 Å². The Morgan fingerprint density at radius 3 is 2.71 bits per heavy atom. The molecule has 1 saturated heterocycles. The average molecular weight is 290 g/mol. The first-order valence-corrected chi connectivity index (χ1v) is 7.62. The van der Waals surface area contributed by atoms with Crippen molar-refractivity contribution in [2.24, 2.45) is 5.41 Å². The first kappa shape index (κ1) is 15.8. The molecule has 0 aliphatic carbocycles. The fourth-order valence-corrected chi connectivity index (χ4v) is 2.36. The summed E-state index contributed by atoms with van der Waals surface area (Å²) in [5, 5.41) is 3.01. The molecular weight excluding hydrogens is 264 g/mol. The van der Waals surface area contributed by atoms with Crippen LogP contribution in [0.3, 0.4) is 0 Å². The largest absolute Gasteiger partial charge is 0.374 e. The highest BCUT2D eigenvalue weighted by Crippen LogP contribution is 2.13. The maximum absolute atomic E-state index is 12.2. The van der Waals surface area contributed by atoms with Crippen molar-refractivity contribution in [1.82, 2.24) is 10.2 Å². The van der Waals surface area contributed by atoms with Crippen LogP contribution in [0, 0.1) is 5.41 Å². The predicted octanol–water partition coefficient (Wildman–Crippen LogP) is 2.69. The van der Waals surface area contributed by atoms with Crippen LogP contribution in [0.2, 0.25) is 0 Å². The van der Waals surface area contributed by atoms with Crippen LogP contribution in [0.1, 0.15) is 26.3 Å². The van der Waals surface area contributed by atoms with E-state index in [0.29, 0.717) is 26.2 Å². The van der Waals surface area contributed by atoms with Gasteiger partial charge in [0.2, 0.25) is 0 Å². The van der Waals surface area contributed by atoms with Crippen molar-refractivity contribution in [2.75, 3.05) is 26.2 Å². The van der Waals surface area contributed by atoms with Gasteiger partial charge in [-0.25, -0.2) is 4.79 Å². The van der Waals surface area contributed by atoms with Gasteiger partial charge in [-0.2, -0.15) is 0 Å². The maximum atomic E-state index is 12.2. The molecule has 116 valence electrons. The van der Waals surface area contributed by atoms with Gasteiger partial charge in [0.05, 0.1) is 12.7 Å². The molecule has 1 unspecified atom stereocenters. The van der Waals surface area contributed by atoms with Gasteiger partial charge in [-0.3, -0.25) is 0 Å². The monoisotopic (exact) mass is 290 g/mol. The summed E-state index contributed by atoms with van der Waals surface area (Å²) in [6.45, 7) is 8.97. The van der Waals surface area contributed by atoms with Gasteiger partial charge in [-0.15, -0.1) is 0 Å². The normalized spacial score (nSPS) is 19.4. The van der Waals surface area contributed by atoms with E-state index in [1.54, 1.807) is 0 Å². The second kappa shape index (κ2) is 6.94. The number of carbonyl (C=O) groups excluding carboxylic acids is 1. The van der Waals surface area contributed by atoms with Crippen LogP contribution >= 0.6 is 0 Å². The number of hydrogen-bond acceptors (Lipinski definition) is 2. The number of urea groups is 1. The van der Waals surface area contributed by atoms with E-state index in [2.05, 4.69) is 38.2 Å². The number of ether oxygens (including phenoxy) is 1. The van der Waals surface area contributed by atoms with Gasteiger partial charge in [0.25, 0.3) is 0 Å². The third kappa shape index (κ3) is 5.38. The van der Waals surface area contributed by atoms with E-state index in [-0.39, 0.29) is 17.6 Å². The predicted molar refractivity (Wildman–Crippen MR) is 84.3 cm³/mol. The highest BCUT2D eigenvalue weighted by Gasteiger charge is 2.25. The Labute approximate surface area is 127 Å². The lowest BCUT2D eigenvalue weighted by Gasteiger charge is -2.33. The van der Waals surface area contributed by atoms with E-state index in [9.17, 15) is 4.79 Å². The Hall–Kier alpha value is -1.55. The number of amides is 2. The van der Waals surface area contributed by atoms with Crippen molar-refractivity contribution in [2.45, 2.75) is 33.3 Å². The second-order valence-electron chi connectivity index (χ2n) is 6.85. The number of benzene rings is 1. The van der Waals surface area contributed by atoms with Gasteiger partial charge < -0.3 is 15.0 Å². The molecule has 1 aromatic rings. The molecular formula is C17H26N2O2. The summed E-state index contributed by atoms with van der Waals surface area (Å²) in [5.74, 6) is 0. The van der Waals surface area contributed by atoms with Gasteiger partial charge in [0, 0.05) is 26.1 Å². The smallest absolute Gasteiger partial charge is 0.317 e. The molecule has 21 heavy (non-hydrogen) atoms. The zero-order valence-electron chi connectivity index (χ0n) is 13.3. The molecule has 0 saturated carbocycles. The molecule has 1 atom stereocenters. The van der Waals surface area contributed by atoms with Crippen LogP contribution in [0.25, 0.3) is 0 Å². The van der Waals surface area contributed by atoms with E-state index in [1.165, 1.54) is 5.56 Å². The molecule has 1 aliphatic rings. The summed E-state index contributed by atoms with van der Waals surface area (Å²) >= 11 is 0. The molecule has 4 nitrogen and oxygen atoms in total. The summed E-state index contributed by atoms with van der Waals surface area (Å²) in [6.07, 6.45) is 0.936. The topological polar surface area (TPSA) is 41.6 Å². The van der Waals surface area contributed by atoms with E-state index in [1.807, 2.05) is 23.1 Å². The molecule has 1 heterocycles. The van der Waals surface area contributed by atoms with Crippen molar-refractivity contribution in [3.8, 4) is 0 Å². The fourth-order valence-electron chi connectivity index (χ4n) is 2.36. The van der Waals surface area contributed by atoms with Crippen molar-refractivity contribution in [3.63, 3.8) is 0 Å². The molecule has 0 aromatic heterocycles. The number of hydrogen-bond donors (Lipinski definition) is 1. The zero-order chi connectivity index (χ0) is 15.3. The lowest BCUT2D eigenvalue weighted by Crippen LogP contribution is -2.51. The summed E-state index contributed by atoms with van der Waals surface area (Å²) in [5.41, 5.74) is 1.35. The number of nitrogens with one attached hydrogen (secondary N) is 1. The summed E-state index contributed by atoms with van der Waals surface area (Å²) in [7, 11) is 0. The fraction of sp³-hybridized carbons (Fsp3) is 0.588. The zero-order valence-corrected chi connectivity index (χ0v) is 13.3. The molecule has 2 rings (SSSR count). The highest BCUT2D eigenvalue weighted by molar-refractivity contribution is 5.74. The minimum absolute atomic E-state index is 0.0197. The Morgan fingerprint density at radius 1 is 1.33 bits per heavy atom. The van der Waals surface area contributed by atoms with E-state index in [0.717, 1.165) is 6.42 Å². The minimum Gasteiger partial charge on any atom is -0.374 e. The van der Waals surface area contributed by atoms with Crippen LogP contribution in [-0.4, -0.2) is 43.3 Å². The number of nitrogens with zero attached hydrogens (tertiary/aromatic N) is 1. The SMILES string of the molecule is CC(C)(C)CNC(=O)N1CCOC(Cc2ccccc2)C1. The molecule has 1 aliphatic heterocycles. The third-order valence-electron chi connectivity index (χ3n) is 3.50. The quantitative estimate of drug-likeness (QED) is 0.930.